The van der Waals surface area contributed by atoms with E-state index in [9.17, 15) is 9.59 Å². The quantitative estimate of drug-likeness (QED) is 0.599. The predicted octanol–water partition coefficient (Wildman–Crippen LogP) is 2.35. The molecule has 0 saturated heterocycles. The molecule has 1 aliphatic carbocycles. The van der Waals surface area contributed by atoms with Gasteiger partial charge in [0.2, 0.25) is 5.91 Å². The van der Waals surface area contributed by atoms with Crippen LogP contribution in [0.25, 0.3) is 0 Å². The Bertz CT molecular complexity index is 545. The van der Waals surface area contributed by atoms with Crippen molar-refractivity contribution in [2.24, 2.45) is 5.41 Å². The smallest absolute Gasteiger partial charge is 0.269 e. The van der Waals surface area contributed by atoms with Crippen molar-refractivity contribution in [2.75, 3.05) is 7.11 Å². The highest BCUT2D eigenvalue weighted by molar-refractivity contribution is 9.25. The van der Waals surface area contributed by atoms with Crippen LogP contribution in [0.2, 0.25) is 0 Å². The Hall–Kier alpha value is -1.08. The Morgan fingerprint density at radius 2 is 1.75 bits per heavy atom. The summed E-state index contributed by atoms with van der Waals surface area (Å²) in [4.78, 5) is 23.8. The van der Waals surface area contributed by atoms with E-state index < -0.39 is 5.41 Å². The van der Waals surface area contributed by atoms with Gasteiger partial charge in [-0.1, -0.05) is 31.9 Å². The molecule has 0 heterocycles. The number of benzene rings is 1. The number of carbonyl (C=O) groups is 2. The topological polar surface area (TPSA) is 67.4 Å². The van der Waals surface area contributed by atoms with Gasteiger partial charge in [0.15, 0.2) is 0 Å². The molecule has 2 rings (SSSR count). The third kappa shape index (κ3) is 2.83. The first-order chi connectivity index (χ1) is 9.30. The van der Waals surface area contributed by atoms with Crippen molar-refractivity contribution in [3.05, 3.63) is 29.8 Å². The summed E-state index contributed by atoms with van der Waals surface area (Å²) < 4.78 is 4.62. The number of carbonyl (C=O) groups excluding carboxylic acids is 2. The molecular formula is C13H14Br2N2O3. The van der Waals surface area contributed by atoms with Crippen molar-refractivity contribution in [1.29, 1.82) is 0 Å². The van der Waals surface area contributed by atoms with E-state index >= 15 is 0 Å². The average molecular weight is 406 g/mol. The van der Waals surface area contributed by atoms with Gasteiger partial charge in [0.05, 0.1) is 15.8 Å². The lowest BCUT2D eigenvalue weighted by atomic mass is 10.1. The van der Waals surface area contributed by atoms with Gasteiger partial charge in [-0.3, -0.25) is 20.4 Å². The van der Waals surface area contributed by atoms with Gasteiger partial charge in [0, 0.05) is 5.56 Å². The molecule has 20 heavy (non-hydrogen) atoms. The number of hydrogen-bond donors (Lipinski definition) is 2. The number of hydrogen-bond acceptors (Lipinski definition) is 3. The number of halogens is 2. The lowest BCUT2D eigenvalue weighted by molar-refractivity contribution is -0.126. The molecule has 5 nitrogen and oxygen atoms in total. The molecule has 1 atom stereocenters. The molecule has 2 amide bonds. The highest BCUT2D eigenvalue weighted by Gasteiger charge is 2.66. The number of nitrogens with one attached hydrogen (secondary N) is 2. The fraction of sp³-hybridized carbons (Fsp3) is 0.385. The largest absolute Gasteiger partial charge is 0.497 e. The monoisotopic (exact) mass is 404 g/mol. The second kappa shape index (κ2) is 5.37. The molecule has 1 aromatic rings. The van der Waals surface area contributed by atoms with Crippen LogP contribution in [0.15, 0.2) is 24.3 Å². The predicted molar refractivity (Wildman–Crippen MR) is 81.9 cm³/mol. The number of amides is 2. The minimum atomic E-state index is -0.569. The molecule has 1 saturated carbocycles. The first-order valence-electron chi connectivity index (χ1n) is 5.93. The summed E-state index contributed by atoms with van der Waals surface area (Å²) in [7, 11) is 1.55. The second-order valence-electron chi connectivity index (χ2n) is 4.85. The summed E-state index contributed by atoms with van der Waals surface area (Å²) in [6.07, 6.45) is 0.657. The van der Waals surface area contributed by atoms with Crippen LogP contribution in [0.4, 0.5) is 0 Å². The lowest BCUT2D eigenvalue weighted by Crippen LogP contribution is -2.45. The molecule has 0 spiro atoms. The third-order valence-electron chi connectivity index (χ3n) is 3.40. The van der Waals surface area contributed by atoms with Gasteiger partial charge < -0.3 is 4.74 Å². The standard InChI is InChI=1S/C13H14Br2N2O3/c1-12(7-13(12,14)15)11(19)17-16-10(18)8-3-5-9(20-2)6-4-8/h3-6H,7H2,1-2H3,(H,16,18)(H,17,19)/t12-/m0/s1. The molecule has 0 bridgehead atoms. The van der Waals surface area contributed by atoms with Crippen LogP contribution in [0.3, 0.4) is 0 Å². The lowest BCUT2D eigenvalue weighted by Gasteiger charge is -2.13. The second-order valence-corrected chi connectivity index (χ2v) is 8.62. The third-order valence-corrected chi connectivity index (χ3v) is 5.71. The number of ether oxygens (including phenoxy) is 1. The van der Waals surface area contributed by atoms with Crippen molar-refractivity contribution in [3.63, 3.8) is 0 Å². The Balaban J connectivity index is 1.91. The van der Waals surface area contributed by atoms with Crippen molar-refractivity contribution in [3.8, 4) is 5.75 Å². The van der Waals surface area contributed by atoms with Crippen molar-refractivity contribution in [2.45, 2.75) is 16.6 Å². The van der Waals surface area contributed by atoms with Gasteiger partial charge in [0.25, 0.3) is 5.91 Å². The van der Waals surface area contributed by atoms with Crippen LogP contribution < -0.4 is 15.6 Å². The van der Waals surface area contributed by atoms with E-state index in [1.807, 2.05) is 6.92 Å². The Labute approximate surface area is 133 Å². The van der Waals surface area contributed by atoms with Crippen LogP contribution in [0, 0.1) is 5.41 Å². The average Bonchev–Trinajstić information content (AvgIpc) is 2.96. The maximum atomic E-state index is 12.0. The number of rotatable bonds is 3. The van der Waals surface area contributed by atoms with Gasteiger partial charge in [0.1, 0.15) is 5.75 Å². The Morgan fingerprint density at radius 1 is 1.20 bits per heavy atom. The first kappa shape index (κ1) is 15.3. The fourth-order valence-corrected chi connectivity index (χ4v) is 3.19. The number of methoxy groups -OCH3 is 1. The Kier molecular flexibility index (Phi) is 4.11. The summed E-state index contributed by atoms with van der Waals surface area (Å²) in [6, 6.07) is 6.61. The molecule has 108 valence electrons. The van der Waals surface area contributed by atoms with Gasteiger partial charge in [-0.05, 0) is 37.6 Å². The van der Waals surface area contributed by atoms with Crippen LogP contribution >= 0.6 is 31.9 Å². The first-order valence-corrected chi connectivity index (χ1v) is 7.51. The molecule has 0 radical (unpaired) electrons. The summed E-state index contributed by atoms with van der Waals surface area (Å²) >= 11 is 6.81. The summed E-state index contributed by atoms with van der Waals surface area (Å²) in [5.41, 5.74) is 4.71. The van der Waals surface area contributed by atoms with Crippen LogP contribution in [0.5, 0.6) is 5.75 Å². The van der Waals surface area contributed by atoms with E-state index in [4.69, 9.17) is 4.74 Å². The van der Waals surface area contributed by atoms with Crippen LogP contribution in [-0.2, 0) is 4.79 Å². The highest BCUT2D eigenvalue weighted by atomic mass is 79.9. The normalized spacial score (nSPS) is 22.8. The van der Waals surface area contributed by atoms with Crippen molar-refractivity contribution < 1.29 is 14.3 Å². The zero-order valence-corrected chi connectivity index (χ0v) is 14.2. The summed E-state index contributed by atoms with van der Waals surface area (Å²) in [5, 5.41) is 0. The molecule has 0 aliphatic heterocycles. The van der Waals surface area contributed by atoms with E-state index in [1.165, 1.54) is 0 Å². The van der Waals surface area contributed by atoms with E-state index in [0.717, 1.165) is 0 Å². The number of alkyl halides is 2. The van der Waals surface area contributed by atoms with Crippen LogP contribution in [-0.4, -0.2) is 22.2 Å². The van der Waals surface area contributed by atoms with Gasteiger partial charge >= 0.3 is 0 Å². The molecule has 2 N–H and O–H groups in total. The molecular weight excluding hydrogens is 392 g/mol. The Morgan fingerprint density at radius 3 is 2.20 bits per heavy atom. The van der Waals surface area contributed by atoms with Crippen molar-refractivity contribution >= 4 is 43.7 Å². The van der Waals surface area contributed by atoms with E-state index in [2.05, 4.69) is 42.7 Å². The number of hydrazine groups is 1. The van der Waals surface area contributed by atoms with E-state index in [0.29, 0.717) is 17.7 Å². The minimum Gasteiger partial charge on any atom is -0.497 e. The fourth-order valence-electron chi connectivity index (χ4n) is 1.71. The molecule has 0 aromatic heterocycles. The zero-order chi connectivity index (χ0) is 15.0. The summed E-state index contributed by atoms with van der Waals surface area (Å²) in [6.45, 7) is 1.81. The van der Waals surface area contributed by atoms with E-state index in [1.54, 1.807) is 31.4 Å². The maximum absolute atomic E-state index is 12.0. The molecule has 1 aromatic carbocycles. The SMILES string of the molecule is COc1ccc(C(=O)NNC(=O)[C@]2(C)CC2(Br)Br)cc1. The molecule has 1 aliphatic rings. The minimum absolute atomic E-state index is 0.242. The van der Waals surface area contributed by atoms with Crippen molar-refractivity contribution in [1.82, 2.24) is 10.9 Å². The van der Waals surface area contributed by atoms with Gasteiger partial charge in [-0.15, -0.1) is 0 Å². The van der Waals surface area contributed by atoms with Crippen LogP contribution in [0.1, 0.15) is 23.7 Å². The maximum Gasteiger partial charge on any atom is 0.269 e. The molecule has 7 heteroatoms. The molecule has 0 unspecified atom stereocenters. The summed E-state index contributed by atoms with van der Waals surface area (Å²) in [5.74, 6) is 0.0487. The van der Waals surface area contributed by atoms with Gasteiger partial charge in [-0.25, -0.2) is 0 Å². The van der Waals surface area contributed by atoms with Gasteiger partial charge in [-0.2, -0.15) is 0 Å². The van der Waals surface area contributed by atoms with E-state index in [-0.39, 0.29) is 15.0 Å². The zero-order valence-electron chi connectivity index (χ0n) is 11.0. The molecule has 1 fully saturated rings. The highest BCUT2D eigenvalue weighted by Crippen LogP contribution is 2.66.